The van der Waals surface area contributed by atoms with Crippen LogP contribution in [0.4, 0.5) is 0 Å². The summed E-state index contributed by atoms with van der Waals surface area (Å²) in [7, 11) is 0. The van der Waals surface area contributed by atoms with E-state index >= 15 is 0 Å². The van der Waals surface area contributed by atoms with Gasteiger partial charge in [-0.1, -0.05) is 44.2 Å². The molecule has 0 amide bonds. The molecule has 4 aliphatic heterocycles. The number of rotatable bonds is 0. The van der Waals surface area contributed by atoms with Crippen molar-refractivity contribution in [3.8, 4) is 0 Å². The molecule has 1 spiro atoms. The molecule has 11 atom stereocenters. The van der Waals surface area contributed by atoms with E-state index in [1.165, 1.54) is 0 Å². The molecule has 0 unspecified atom stereocenters. The molecular weight excluding hydrogens is 500 g/mol. The molecule has 3 saturated heterocycles. The van der Waals surface area contributed by atoms with E-state index in [4.69, 9.17) is 18.9 Å². The average Bonchev–Trinajstić information content (AvgIpc) is 3.23. The van der Waals surface area contributed by atoms with Gasteiger partial charge >= 0.3 is 5.97 Å². The summed E-state index contributed by atoms with van der Waals surface area (Å²) in [5.74, 6) is -2.21. The Hall–Kier alpha value is -1.81. The summed E-state index contributed by atoms with van der Waals surface area (Å²) in [6, 6.07) is 0. The van der Waals surface area contributed by atoms with Crippen molar-refractivity contribution >= 4 is 5.97 Å². The second kappa shape index (κ2) is 10.9. The van der Waals surface area contributed by atoms with Gasteiger partial charge in [0.1, 0.15) is 29.8 Å². The standard InChI is InChI=1S/C31H44O8/c1-17-11-12-30(38-21(17)5)15-24-14-23(39-30)10-9-19(3)26(32)18(2)7-6-8-22-16-36-28-27(33)20(4)13-25(29(34)37-24)31(22,28)35/h6-9,13,17-18,21,23-28,32-33,35H,10-12,14-16H2,1-5H3/b7-6+,19-9+,22-8+/t17-,18-,21+,23+,24-,25-,26+,27+,28+,30-,31+/m0/s1. The molecule has 8 nitrogen and oxygen atoms in total. The summed E-state index contributed by atoms with van der Waals surface area (Å²) in [6.07, 6.45) is 8.67. The van der Waals surface area contributed by atoms with E-state index in [0.717, 1.165) is 12.0 Å². The van der Waals surface area contributed by atoms with E-state index < -0.39 is 47.7 Å². The first kappa shape index (κ1) is 28.7. The number of aliphatic hydroxyl groups excluding tert-OH is 2. The van der Waals surface area contributed by atoms with Crippen molar-refractivity contribution in [3.05, 3.63) is 47.1 Å². The lowest BCUT2D eigenvalue weighted by Gasteiger charge is -2.49. The number of hydrogen-bond donors (Lipinski definition) is 3. The first-order chi connectivity index (χ1) is 18.4. The predicted octanol–water partition coefficient (Wildman–Crippen LogP) is 3.51. The lowest BCUT2D eigenvalue weighted by molar-refractivity contribution is -0.332. The molecule has 39 heavy (non-hydrogen) atoms. The van der Waals surface area contributed by atoms with Gasteiger partial charge in [0.25, 0.3) is 0 Å². The summed E-state index contributed by atoms with van der Waals surface area (Å²) >= 11 is 0. The van der Waals surface area contributed by atoms with E-state index in [-0.39, 0.29) is 24.7 Å². The normalized spacial score (nSPS) is 50.6. The molecule has 5 aliphatic rings. The minimum atomic E-state index is -1.75. The van der Waals surface area contributed by atoms with Crippen LogP contribution in [0.2, 0.25) is 0 Å². The van der Waals surface area contributed by atoms with Crippen LogP contribution in [0.5, 0.6) is 0 Å². The highest BCUT2D eigenvalue weighted by atomic mass is 16.7. The second-order valence-corrected chi connectivity index (χ2v) is 12.4. The van der Waals surface area contributed by atoms with Gasteiger partial charge in [-0.15, -0.1) is 0 Å². The summed E-state index contributed by atoms with van der Waals surface area (Å²) in [4.78, 5) is 13.8. The molecule has 8 heteroatoms. The van der Waals surface area contributed by atoms with Crippen LogP contribution in [0.15, 0.2) is 47.1 Å². The monoisotopic (exact) mass is 544 g/mol. The van der Waals surface area contributed by atoms with Gasteiger partial charge in [0.05, 0.1) is 24.9 Å². The Morgan fingerprint density at radius 1 is 1.03 bits per heavy atom. The smallest absolute Gasteiger partial charge is 0.316 e. The highest BCUT2D eigenvalue weighted by molar-refractivity contribution is 5.78. The minimum Gasteiger partial charge on any atom is -0.462 e. The fraction of sp³-hybridized carbons (Fsp3) is 0.710. The number of fused-ring (bicyclic) bond motifs is 2. The Labute approximate surface area is 231 Å². The fourth-order valence-electron chi connectivity index (χ4n) is 6.80. The lowest BCUT2D eigenvalue weighted by atomic mass is 9.71. The lowest BCUT2D eigenvalue weighted by Crippen LogP contribution is -2.58. The van der Waals surface area contributed by atoms with Crippen LogP contribution >= 0.6 is 0 Å². The van der Waals surface area contributed by atoms with E-state index in [0.29, 0.717) is 42.7 Å². The van der Waals surface area contributed by atoms with Gasteiger partial charge < -0.3 is 34.3 Å². The Morgan fingerprint density at radius 2 is 1.79 bits per heavy atom. The molecule has 4 heterocycles. The fourth-order valence-corrected chi connectivity index (χ4v) is 6.80. The van der Waals surface area contributed by atoms with Gasteiger partial charge in [-0.25, -0.2) is 0 Å². The molecule has 0 aromatic carbocycles. The SMILES string of the molecule is CC1=C[C@H]2C(=O)O[C@H]3C[C@@H](C/C=C(\C)[C@H](O)[C@@H](C)/C=C/C=C4\CO[C@H]([C@@H]1O)[C@@]42O)O[C@@]1(CC[C@H](C)[C@@H](C)O1)C3. The zero-order valence-corrected chi connectivity index (χ0v) is 23.7. The first-order valence-electron chi connectivity index (χ1n) is 14.4. The van der Waals surface area contributed by atoms with Crippen LogP contribution in [0.3, 0.4) is 0 Å². The Kier molecular flexibility index (Phi) is 8.01. The molecule has 3 N–H and O–H groups in total. The number of aliphatic hydroxyl groups is 3. The number of esters is 1. The Bertz CT molecular complexity index is 1080. The van der Waals surface area contributed by atoms with Gasteiger partial charge in [0.15, 0.2) is 5.79 Å². The van der Waals surface area contributed by atoms with Crippen LogP contribution in [0.25, 0.3) is 0 Å². The summed E-state index contributed by atoms with van der Waals surface area (Å²) in [5.41, 5.74) is 0.154. The van der Waals surface area contributed by atoms with Crippen molar-refractivity contribution in [3.63, 3.8) is 0 Å². The third-order valence-electron chi connectivity index (χ3n) is 9.57. The highest BCUT2D eigenvalue weighted by Gasteiger charge is 2.60. The van der Waals surface area contributed by atoms with Gasteiger partial charge in [-0.2, -0.15) is 0 Å². The Morgan fingerprint density at radius 3 is 2.54 bits per heavy atom. The number of carbonyl (C=O) groups is 1. The molecule has 1 aliphatic carbocycles. The number of hydrogen-bond acceptors (Lipinski definition) is 8. The molecular formula is C31H44O8. The van der Waals surface area contributed by atoms with Crippen molar-refractivity contribution < 1.29 is 39.1 Å². The third-order valence-corrected chi connectivity index (χ3v) is 9.57. The minimum absolute atomic E-state index is 0.00802. The number of ether oxygens (including phenoxy) is 4. The second-order valence-electron chi connectivity index (χ2n) is 12.4. The van der Waals surface area contributed by atoms with E-state index in [9.17, 15) is 20.1 Å². The Balaban J connectivity index is 1.53. The third kappa shape index (κ3) is 5.32. The summed E-state index contributed by atoms with van der Waals surface area (Å²) < 4.78 is 25.1. The molecule has 5 rings (SSSR count). The van der Waals surface area contributed by atoms with Crippen molar-refractivity contribution in [2.24, 2.45) is 17.8 Å². The van der Waals surface area contributed by atoms with Gasteiger partial charge in [0.2, 0.25) is 0 Å². The molecule has 216 valence electrons. The maximum absolute atomic E-state index is 13.8. The van der Waals surface area contributed by atoms with Crippen LogP contribution in [-0.4, -0.2) is 75.9 Å². The van der Waals surface area contributed by atoms with Crippen molar-refractivity contribution in [1.82, 2.24) is 0 Å². The molecule has 3 fully saturated rings. The zero-order valence-electron chi connectivity index (χ0n) is 23.7. The first-order valence-corrected chi connectivity index (χ1v) is 14.4. The van der Waals surface area contributed by atoms with Crippen LogP contribution < -0.4 is 0 Å². The van der Waals surface area contributed by atoms with E-state index in [2.05, 4.69) is 13.8 Å². The quantitative estimate of drug-likeness (QED) is 0.314. The average molecular weight is 545 g/mol. The topological polar surface area (TPSA) is 115 Å². The molecule has 0 aromatic heterocycles. The molecule has 0 saturated carbocycles. The van der Waals surface area contributed by atoms with Crippen molar-refractivity contribution in [1.29, 1.82) is 0 Å². The van der Waals surface area contributed by atoms with E-state index in [1.54, 1.807) is 25.2 Å². The largest absolute Gasteiger partial charge is 0.462 e. The van der Waals surface area contributed by atoms with E-state index in [1.807, 2.05) is 26.0 Å². The highest BCUT2D eigenvalue weighted by Crippen LogP contribution is 2.47. The number of allylic oxidation sites excluding steroid dienone is 2. The van der Waals surface area contributed by atoms with Crippen LogP contribution in [-0.2, 0) is 23.7 Å². The zero-order chi connectivity index (χ0) is 28.1. The number of carbonyl (C=O) groups excluding carboxylic acids is 1. The van der Waals surface area contributed by atoms with Gasteiger partial charge in [-0.05, 0) is 56.3 Å². The molecule has 0 radical (unpaired) electrons. The maximum atomic E-state index is 13.8. The molecule has 0 aromatic rings. The summed E-state index contributed by atoms with van der Waals surface area (Å²) in [6.45, 7) is 9.87. The van der Waals surface area contributed by atoms with Crippen molar-refractivity contribution in [2.75, 3.05) is 6.61 Å². The molecule has 2 bridgehead atoms. The van der Waals surface area contributed by atoms with Crippen LogP contribution in [0.1, 0.15) is 66.7 Å². The summed E-state index contributed by atoms with van der Waals surface area (Å²) in [5, 5.41) is 33.8. The van der Waals surface area contributed by atoms with Gasteiger partial charge in [0, 0.05) is 25.2 Å². The van der Waals surface area contributed by atoms with Gasteiger partial charge in [-0.3, -0.25) is 4.79 Å². The maximum Gasteiger partial charge on any atom is 0.316 e. The van der Waals surface area contributed by atoms with Crippen LogP contribution in [0, 0.1) is 17.8 Å². The predicted molar refractivity (Wildman–Crippen MR) is 144 cm³/mol. The van der Waals surface area contributed by atoms with Crippen molar-refractivity contribution in [2.45, 2.75) is 115 Å².